The zero-order chi connectivity index (χ0) is 13.5. The van der Waals surface area contributed by atoms with Crippen LogP contribution in [0.4, 0.5) is 4.39 Å². The SMILES string of the molecule is CCN(CCC#N)Cc1ccc(C(=O)O)c(F)c1. The third-order valence-electron chi connectivity index (χ3n) is 2.66. The summed E-state index contributed by atoms with van der Waals surface area (Å²) in [5.74, 6) is -1.99. The van der Waals surface area contributed by atoms with Crippen molar-refractivity contribution in [3.8, 4) is 6.07 Å². The number of nitriles is 1. The maximum Gasteiger partial charge on any atom is 0.338 e. The molecular formula is C13H15FN2O2. The summed E-state index contributed by atoms with van der Waals surface area (Å²) >= 11 is 0. The van der Waals surface area contributed by atoms with Gasteiger partial charge in [0.2, 0.25) is 0 Å². The van der Waals surface area contributed by atoms with E-state index in [1.807, 2.05) is 11.8 Å². The largest absolute Gasteiger partial charge is 0.478 e. The van der Waals surface area contributed by atoms with Crippen molar-refractivity contribution in [2.24, 2.45) is 0 Å². The Morgan fingerprint density at radius 3 is 2.78 bits per heavy atom. The molecule has 1 N–H and O–H groups in total. The van der Waals surface area contributed by atoms with Crippen LogP contribution >= 0.6 is 0 Å². The molecule has 1 aromatic rings. The van der Waals surface area contributed by atoms with Gasteiger partial charge in [0.1, 0.15) is 5.82 Å². The Balaban J connectivity index is 2.76. The number of rotatable bonds is 6. The summed E-state index contributed by atoms with van der Waals surface area (Å²) in [6, 6.07) is 6.16. The van der Waals surface area contributed by atoms with Gasteiger partial charge < -0.3 is 5.11 Å². The van der Waals surface area contributed by atoms with Gasteiger partial charge in [-0.3, -0.25) is 4.90 Å². The number of carbonyl (C=O) groups is 1. The highest BCUT2D eigenvalue weighted by atomic mass is 19.1. The van der Waals surface area contributed by atoms with E-state index in [-0.39, 0.29) is 5.56 Å². The van der Waals surface area contributed by atoms with E-state index in [9.17, 15) is 9.18 Å². The molecule has 0 aliphatic carbocycles. The van der Waals surface area contributed by atoms with Crippen molar-refractivity contribution in [3.63, 3.8) is 0 Å². The summed E-state index contributed by atoms with van der Waals surface area (Å²) in [6.07, 6.45) is 0.420. The average molecular weight is 250 g/mol. The summed E-state index contributed by atoms with van der Waals surface area (Å²) in [4.78, 5) is 12.7. The van der Waals surface area contributed by atoms with Gasteiger partial charge in [0.05, 0.1) is 11.6 Å². The maximum atomic E-state index is 13.5. The first-order valence-electron chi connectivity index (χ1n) is 5.69. The van der Waals surface area contributed by atoms with E-state index in [0.29, 0.717) is 25.1 Å². The molecule has 0 atom stereocenters. The monoisotopic (exact) mass is 250 g/mol. The van der Waals surface area contributed by atoms with Crippen LogP contribution in [-0.2, 0) is 6.54 Å². The Morgan fingerprint density at radius 1 is 1.56 bits per heavy atom. The van der Waals surface area contributed by atoms with Gasteiger partial charge in [-0.1, -0.05) is 13.0 Å². The standard InChI is InChI=1S/C13H15FN2O2/c1-2-16(7-3-6-15)9-10-4-5-11(13(17)18)12(14)8-10/h4-5,8H,2-3,7,9H2,1H3,(H,17,18). The first kappa shape index (κ1) is 14.1. The van der Waals surface area contributed by atoms with E-state index >= 15 is 0 Å². The summed E-state index contributed by atoms with van der Waals surface area (Å²) in [5.41, 5.74) is 0.385. The topological polar surface area (TPSA) is 64.3 Å². The molecule has 0 amide bonds. The second-order valence-electron chi connectivity index (χ2n) is 3.90. The first-order valence-corrected chi connectivity index (χ1v) is 5.69. The van der Waals surface area contributed by atoms with Crippen molar-refractivity contribution in [2.45, 2.75) is 19.9 Å². The Morgan fingerprint density at radius 2 is 2.28 bits per heavy atom. The Bertz CT molecular complexity index is 469. The van der Waals surface area contributed by atoms with Crippen LogP contribution in [-0.4, -0.2) is 29.1 Å². The molecule has 0 bridgehead atoms. The van der Waals surface area contributed by atoms with Crippen LogP contribution in [0, 0.1) is 17.1 Å². The van der Waals surface area contributed by atoms with Gasteiger partial charge in [-0.25, -0.2) is 9.18 Å². The minimum absolute atomic E-state index is 0.321. The molecule has 18 heavy (non-hydrogen) atoms. The van der Waals surface area contributed by atoms with E-state index in [0.717, 1.165) is 6.54 Å². The van der Waals surface area contributed by atoms with Crippen LogP contribution in [0.25, 0.3) is 0 Å². The molecule has 0 aromatic heterocycles. The molecule has 0 aliphatic heterocycles. The van der Waals surface area contributed by atoms with Gasteiger partial charge in [0.15, 0.2) is 0 Å². The second kappa shape index (κ2) is 6.72. The molecule has 0 heterocycles. The van der Waals surface area contributed by atoms with Crippen molar-refractivity contribution >= 4 is 5.97 Å². The summed E-state index contributed by atoms with van der Waals surface area (Å²) in [5, 5.41) is 17.2. The molecular weight excluding hydrogens is 235 g/mol. The van der Waals surface area contributed by atoms with Gasteiger partial charge >= 0.3 is 5.97 Å². The van der Waals surface area contributed by atoms with Crippen molar-refractivity contribution < 1.29 is 14.3 Å². The fourth-order valence-corrected chi connectivity index (χ4v) is 1.65. The van der Waals surface area contributed by atoms with Crippen LogP contribution in [0.3, 0.4) is 0 Å². The average Bonchev–Trinajstić information content (AvgIpc) is 2.34. The van der Waals surface area contributed by atoms with Gasteiger partial charge in [-0.05, 0) is 24.2 Å². The Kier molecular flexibility index (Phi) is 5.28. The maximum absolute atomic E-state index is 13.5. The Hall–Kier alpha value is -1.93. The number of hydrogen-bond donors (Lipinski definition) is 1. The van der Waals surface area contributed by atoms with Crippen LogP contribution in [0.15, 0.2) is 18.2 Å². The summed E-state index contributed by atoms with van der Waals surface area (Å²) < 4.78 is 13.5. The lowest BCUT2D eigenvalue weighted by Crippen LogP contribution is -2.23. The molecule has 0 unspecified atom stereocenters. The van der Waals surface area contributed by atoms with E-state index in [4.69, 9.17) is 10.4 Å². The van der Waals surface area contributed by atoms with Crippen molar-refractivity contribution in [1.82, 2.24) is 4.90 Å². The minimum atomic E-state index is -1.27. The summed E-state index contributed by atoms with van der Waals surface area (Å²) in [7, 11) is 0. The normalized spacial score (nSPS) is 10.3. The lowest BCUT2D eigenvalue weighted by atomic mass is 10.1. The fourth-order valence-electron chi connectivity index (χ4n) is 1.65. The molecule has 0 radical (unpaired) electrons. The molecule has 0 aliphatic rings. The highest BCUT2D eigenvalue weighted by molar-refractivity contribution is 5.87. The van der Waals surface area contributed by atoms with E-state index < -0.39 is 11.8 Å². The minimum Gasteiger partial charge on any atom is -0.478 e. The smallest absolute Gasteiger partial charge is 0.338 e. The number of halogens is 1. The van der Waals surface area contributed by atoms with E-state index in [1.54, 1.807) is 6.07 Å². The number of nitrogens with zero attached hydrogens (tertiary/aromatic N) is 2. The third kappa shape index (κ3) is 3.82. The van der Waals surface area contributed by atoms with Gasteiger partial charge in [0.25, 0.3) is 0 Å². The molecule has 0 fully saturated rings. The molecule has 0 saturated heterocycles. The zero-order valence-corrected chi connectivity index (χ0v) is 10.2. The lowest BCUT2D eigenvalue weighted by Gasteiger charge is -2.19. The molecule has 4 nitrogen and oxygen atoms in total. The third-order valence-corrected chi connectivity index (χ3v) is 2.66. The lowest BCUT2D eigenvalue weighted by molar-refractivity contribution is 0.0692. The van der Waals surface area contributed by atoms with Gasteiger partial charge in [-0.2, -0.15) is 5.26 Å². The molecule has 96 valence electrons. The predicted molar refractivity (Wildman–Crippen MR) is 64.5 cm³/mol. The van der Waals surface area contributed by atoms with Crippen LogP contribution in [0.5, 0.6) is 0 Å². The van der Waals surface area contributed by atoms with Crippen LogP contribution < -0.4 is 0 Å². The van der Waals surface area contributed by atoms with Crippen molar-refractivity contribution in [1.29, 1.82) is 5.26 Å². The van der Waals surface area contributed by atoms with Crippen LogP contribution in [0.2, 0.25) is 0 Å². The fraction of sp³-hybridized carbons (Fsp3) is 0.385. The molecule has 0 saturated carbocycles. The molecule has 0 spiro atoms. The summed E-state index contributed by atoms with van der Waals surface area (Å²) in [6.45, 7) is 3.84. The van der Waals surface area contributed by atoms with Crippen molar-refractivity contribution in [2.75, 3.05) is 13.1 Å². The molecule has 5 heteroatoms. The molecule has 1 rings (SSSR count). The number of carboxylic acids is 1. The predicted octanol–water partition coefficient (Wildman–Crippen LogP) is 2.26. The molecule has 1 aromatic carbocycles. The number of hydrogen-bond acceptors (Lipinski definition) is 3. The van der Waals surface area contributed by atoms with Gasteiger partial charge in [0, 0.05) is 19.5 Å². The second-order valence-corrected chi connectivity index (χ2v) is 3.90. The Labute approximate surface area is 105 Å². The van der Waals surface area contributed by atoms with E-state index in [2.05, 4.69) is 6.07 Å². The number of aromatic carboxylic acids is 1. The van der Waals surface area contributed by atoms with Gasteiger partial charge in [-0.15, -0.1) is 0 Å². The number of carboxylic acid groups (broad SMARTS) is 1. The highest BCUT2D eigenvalue weighted by Gasteiger charge is 2.11. The first-order chi connectivity index (χ1) is 8.58. The van der Waals surface area contributed by atoms with Crippen LogP contribution in [0.1, 0.15) is 29.3 Å². The highest BCUT2D eigenvalue weighted by Crippen LogP contribution is 2.12. The quantitative estimate of drug-likeness (QED) is 0.841. The van der Waals surface area contributed by atoms with E-state index in [1.165, 1.54) is 12.1 Å². The van der Waals surface area contributed by atoms with Crippen molar-refractivity contribution in [3.05, 3.63) is 35.1 Å². The number of benzene rings is 1. The zero-order valence-electron chi connectivity index (χ0n) is 10.2.